The number of halogens is 1. The Kier molecular flexibility index (Phi) is 7.45. The van der Waals surface area contributed by atoms with Crippen LogP contribution in [-0.4, -0.2) is 65.4 Å². The summed E-state index contributed by atoms with van der Waals surface area (Å²) in [5.74, 6) is -0.165. The highest BCUT2D eigenvalue weighted by Gasteiger charge is 2.49. The van der Waals surface area contributed by atoms with Gasteiger partial charge in [-0.25, -0.2) is 4.98 Å². The molecule has 2 fully saturated rings. The standard InChI is InChI=1S/C23H34ClN5O3/c1-13(25-5)20(30)28-19(23(2,3)4)22(32)29-11-10-14-6-8-16(18(14)29)27-21(31)15-7-9-17(24)26-12-15/h7,9,12-14,16,18-19,25H,6,8,10-11H2,1-5H3,(H,27,31)(H,28,30)/t13-,14+,16-,18-,19+/m0/s1. The first-order valence-corrected chi connectivity index (χ1v) is 11.6. The smallest absolute Gasteiger partial charge is 0.253 e. The van der Waals surface area contributed by atoms with E-state index in [0.29, 0.717) is 23.2 Å². The average Bonchev–Trinajstić information content (AvgIpc) is 3.33. The first kappa shape index (κ1) is 24.5. The van der Waals surface area contributed by atoms with Gasteiger partial charge in [0.2, 0.25) is 11.8 Å². The van der Waals surface area contributed by atoms with Gasteiger partial charge in [-0.3, -0.25) is 14.4 Å². The van der Waals surface area contributed by atoms with Crippen LogP contribution in [0.25, 0.3) is 0 Å². The number of nitrogens with zero attached hydrogens (tertiary/aromatic N) is 2. The van der Waals surface area contributed by atoms with Gasteiger partial charge >= 0.3 is 0 Å². The molecule has 0 bridgehead atoms. The lowest BCUT2D eigenvalue weighted by atomic mass is 9.85. The molecule has 8 nitrogen and oxygen atoms in total. The van der Waals surface area contributed by atoms with Crippen molar-refractivity contribution in [2.75, 3.05) is 13.6 Å². The summed E-state index contributed by atoms with van der Waals surface area (Å²) in [6.07, 6.45) is 4.13. The molecule has 2 aliphatic rings. The molecule has 5 atom stereocenters. The molecular formula is C23H34ClN5O3. The summed E-state index contributed by atoms with van der Waals surface area (Å²) in [7, 11) is 1.71. The van der Waals surface area contributed by atoms with Crippen molar-refractivity contribution in [3.05, 3.63) is 29.0 Å². The van der Waals surface area contributed by atoms with E-state index in [1.807, 2.05) is 25.7 Å². The summed E-state index contributed by atoms with van der Waals surface area (Å²) < 4.78 is 0. The van der Waals surface area contributed by atoms with E-state index in [4.69, 9.17) is 11.6 Å². The number of nitrogens with one attached hydrogen (secondary N) is 3. The van der Waals surface area contributed by atoms with E-state index in [2.05, 4.69) is 20.9 Å². The van der Waals surface area contributed by atoms with E-state index in [-0.39, 0.29) is 29.8 Å². The second kappa shape index (κ2) is 9.75. The van der Waals surface area contributed by atoms with Crippen molar-refractivity contribution in [1.29, 1.82) is 0 Å². The number of likely N-dealkylation sites (N-methyl/N-ethyl adjacent to an activating group) is 1. The Morgan fingerprint density at radius 3 is 2.50 bits per heavy atom. The van der Waals surface area contributed by atoms with E-state index in [1.165, 1.54) is 6.20 Å². The molecule has 0 radical (unpaired) electrons. The first-order chi connectivity index (χ1) is 15.0. The minimum Gasteiger partial charge on any atom is -0.347 e. The lowest BCUT2D eigenvalue weighted by Gasteiger charge is -2.37. The van der Waals surface area contributed by atoms with E-state index in [9.17, 15) is 14.4 Å². The third-order valence-corrected chi connectivity index (χ3v) is 6.88. The maximum Gasteiger partial charge on any atom is 0.253 e. The number of rotatable bonds is 6. The monoisotopic (exact) mass is 463 g/mol. The fourth-order valence-corrected chi connectivity index (χ4v) is 4.81. The zero-order chi connectivity index (χ0) is 23.6. The molecule has 1 aliphatic carbocycles. The van der Waals surface area contributed by atoms with Gasteiger partial charge in [0.25, 0.3) is 5.91 Å². The zero-order valence-corrected chi connectivity index (χ0v) is 20.2. The van der Waals surface area contributed by atoms with E-state index >= 15 is 0 Å². The summed E-state index contributed by atoms with van der Waals surface area (Å²) in [6, 6.07) is 1.97. The number of amides is 3. The highest BCUT2D eigenvalue weighted by molar-refractivity contribution is 6.29. The Bertz CT molecular complexity index is 854. The lowest BCUT2D eigenvalue weighted by molar-refractivity contribution is -0.141. The first-order valence-electron chi connectivity index (χ1n) is 11.2. The van der Waals surface area contributed by atoms with Gasteiger partial charge in [-0.2, -0.15) is 0 Å². The van der Waals surface area contributed by atoms with Crippen LogP contribution in [0.3, 0.4) is 0 Å². The number of fused-ring (bicyclic) bond motifs is 1. The molecule has 9 heteroatoms. The fraction of sp³-hybridized carbons (Fsp3) is 0.652. The fourth-order valence-electron chi connectivity index (χ4n) is 4.69. The molecule has 1 aromatic rings. The van der Waals surface area contributed by atoms with Crippen molar-refractivity contribution in [2.45, 2.75) is 71.1 Å². The number of carbonyl (C=O) groups excluding carboxylic acids is 3. The van der Waals surface area contributed by atoms with Gasteiger partial charge in [0.15, 0.2) is 0 Å². The molecule has 0 unspecified atom stereocenters. The molecule has 1 saturated carbocycles. The molecule has 2 heterocycles. The Morgan fingerprint density at radius 1 is 1.19 bits per heavy atom. The summed E-state index contributed by atoms with van der Waals surface area (Å²) in [4.78, 5) is 44.8. The van der Waals surface area contributed by atoms with Gasteiger partial charge in [0.1, 0.15) is 11.2 Å². The van der Waals surface area contributed by atoms with Crippen LogP contribution in [0.2, 0.25) is 5.15 Å². The van der Waals surface area contributed by atoms with Gasteiger partial charge in [-0.15, -0.1) is 0 Å². The topological polar surface area (TPSA) is 103 Å². The second-order valence-corrected chi connectivity index (χ2v) is 10.3. The van der Waals surface area contributed by atoms with Crippen molar-refractivity contribution in [3.8, 4) is 0 Å². The van der Waals surface area contributed by atoms with Crippen LogP contribution in [0.4, 0.5) is 0 Å². The highest BCUT2D eigenvalue weighted by atomic mass is 35.5. The predicted octanol–water partition coefficient (Wildman–Crippen LogP) is 1.98. The molecule has 3 N–H and O–H groups in total. The molecule has 1 aliphatic heterocycles. The minimum absolute atomic E-state index is 0.0739. The number of carbonyl (C=O) groups is 3. The van der Waals surface area contributed by atoms with E-state index in [0.717, 1.165) is 19.3 Å². The molecule has 0 spiro atoms. The molecule has 32 heavy (non-hydrogen) atoms. The molecule has 1 aromatic heterocycles. The summed E-state index contributed by atoms with van der Waals surface area (Å²) in [5, 5.41) is 9.30. The van der Waals surface area contributed by atoms with Crippen LogP contribution < -0.4 is 16.0 Å². The van der Waals surface area contributed by atoms with Crippen LogP contribution in [0.1, 0.15) is 57.3 Å². The van der Waals surface area contributed by atoms with Gasteiger partial charge in [0.05, 0.1) is 17.6 Å². The Hall–Kier alpha value is -2.19. The third kappa shape index (κ3) is 5.23. The quantitative estimate of drug-likeness (QED) is 0.560. The molecule has 1 saturated heterocycles. The second-order valence-electron chi connectivity index (χ2n) is 9.92. The van der Waals surface area contributed by atoms with Crippen LogP contribution in [0.15, 0.2) is 18.3 Å². The van der Waals surface area contributed by atoms with Crippen LogP contribution in [0, 0.1) is 11.3 Å². The van der Waals surface area contributed by atoms with Crippen LogP contribution in [-0.2, 0) is 9.59 Å². The van der Waals surface area contributed by atoms with E-state index < -0.39 is 17.5 Å². The number of pyridine rings is 1. The largest absolute Gasteiger partial charge is 0.347 e. The zero-order valence-electron chi connectivity index (χ0n) is 19.4. The van der Waals surface area contributed by atoms with Crippen molar-refractivity contribution < 1.29 is 14.4 Å². The van der Waals surface area contributed by atoms with Crippen molar-refractivity contribution in [1.82, 2.24) is 25.8 Å². The Balaban J connectivity index is 1.76. The maximum absolute atomic E-state index is 13.7. The van der Waals surface area contributed by atoms with Crippen LogP contribution >= 0.6 is 11.6 Å². The van der Waals surface area contributed by atoms with E-state index in [1.54, 1.807) is 26.1 Å². The maximum atomic E-state index is 13.7. The summed E-state index contributed by atoms with van der Waals surface area (Å²) in [6.45, 7) is 8.26. The molecule has 3 amide bonds. The molecule has 176 valence electrons. The summed E-state index contributed by atoms with van der Waals surface area (Å²) >= 11 is 5.82. The van der Waals surface area contributed by atoms with Gasteiger partial charge < -0.3 is 20.9 Å². The van der Waals surface area contributed by atoms with Crippen molar-refractivity contribution in [3.63, 3.8) is 0 Å². The third-order valence-electron chi connectivity index (χ3n) is 6.66. The van der Waals surface area contributed by atoms with Gasteiger partial charge in [-0.1, -0.05) is 32.4 Å². The SMILES string of the molecule is CN[C@@H](C)C(=O)N[C@H](C(=O)N1CC[C@H]2CC[C@H](NC(=O)c3ccc(Cl)nc3)[C@H]21)C(C)(C)C. The van der Waals surface area contributed by atoms with Gasteiger partial charge in [-0.05, 0) is 56.7 Å². The summed E-state index contributed by atoms with van der Waals surface area (Å²) in [5.41, 5.74) is -0.0143. The molecule has 0 aromatic carbocycles. The predicted molar refractivity (Wildman–Crippen MR) is 123 cm³/mol. The number of aromatic nitrogens is 1. The van der Waals surface area contributed by atoms with Crippen LogP contribution in [0.5, 0.6) is 0 Å². The normalized spacial score (nSPS) is 24.6. The molecule has 3 rings (SSSR count). The van der Waals surface area contributed by atoms with Crippen molar-refractivity contribution >= 4 is 29.3 Å². The molecular weight excluding hydrogens is 430 g/mol. The number of likely N-dealkylation sites (tertiary alicyclic amines) is 1. The van der Waals surface area contributed by atoms with Crippen molar-refractivity contribution in [2.24, 2.45) is 11.3 Å². The Morgan fingerprint density at radius 2 is 1.91 bits per heavy atom. The minimum atomic E-state index is -0.651. The average molecular weight is 464 g/mol. The Labute approximate surface area is 194 Å². The lowest BCUT2D eigenvalue weighted by Crippen LogP contribution is -2.60. The number of hydrogen-bond donors (Lipinski definition) is 3. The number of hydrogen-bond acceptors (Lipinski definition) is 5. The van der Waals surface area contributed by atoms with Gasteiger partial charge in [0, 0.05) is 18.8 Å². The highest BCUT2D eigenvalue weighted by Crippen LogP contribution is 2.39.